The fraction of sp³-hybridized carbons (Fsp3) is 0.235. The Morgan fingerprint density at radius 1 is 1.26 bits per heavy atom. The van der Waals surface area contributed by atoms with Crippen LogP contribution < -0.4 is 10.1 Å². The lowest BCUT2D eigenvalue weighted by molar-refractivity contribution is -0.134. The van der Waals surface area contributed by atoms with E-state index in [1.807, 2.05) is 30.3 Å². The van der Waals surface area contributed by atoms with Gasteiger partial charge in [-0.2, -0.15) is 0 Å². The van der Waals surface area contributed by atoms with Crippen LogP contribution in [0.2, 0.25) is 0 Å². The first-order chi connectivity index (χ1) is 11.2. The molecule has 1 aliphatic heterocycles. The maximum absolute atomic E-state index is 12.1. The Balaban J connectivity index is 1.92. The topological polar surface area (TPSA) is 81.4 Å². The quantitative estimate of drug-likeness (QED) is 0.736. The number of carbonyl (C=O) groups is 2. The fourth-order valence-corrected chi connectivity index (χ4v) is 3.09. The van der Waals surface area contributed by atoms with E-state index >= 15 is 0 Å². The third-order valence-electron chi connectivity index (χ3n) is 4.26. The number of rotatable bonds is 2. The van der Waals surface area contributed by atoms with Crippen LogP contribution in [0.5, 0.6) is 5.75 Å². The van der Waals surface area contributed by atoms with Gasteiger partial charge in [-0.15, -0.1) is 0 Å². The molecule has 1 aliphatic rings. The van der Waals surface area contributed by atoms with Gasteiger partial charge in [0.05, 0.1) is 18.4 Å². The van der Waals surface area contributed by atoms with Crippen LogP contribution in [0.25, 0.3) is 21.7 Å². The van der Waals surface area contributed by atoms with Gasteiger partial charge in [-0.3, -0.25) is 14.9 Å². The molecule has 0 spiro atoms. The summed E-state index contributed by atoms with van der Waals surface area (Å²) in [4.78, 5) is 23.5. The van der Waals surface area contributed by atoms with E-state index in [1.54, 1.807) is 7.11 Å². The summed E-state index contributed by atoms with van der Waals surface area (Å²) < 4.78 is 10.6. The molecule has 0 unspecified atom stereocenters. The molecule has 1 saturated heterocycles. The zero-order valence-corrected chi connectivity index (χ0v) is 12.5. The number of fused-ring (bicyclic) bond motifs is 3. The lowest BCUT2D eigenvalue weighted by atomic mass is 9.91. The normalized spacial score (nSPS) is 18.4. The van der Waals surface area contributed by atoms with Crippen LogP contribution in [0.1, 0.15) is 24.5 Å². The monoisotopic (exact) mass is 310 g/mol. The van der Waals surface area contributed by atoms with Crippen molar-refractivity contribution in [3.63, 3.8) is 0 Å². The number of imide groups is 1. The summed E-state index contributed by atoms with van der Waals surface area (Å²) in [5, 5.41) is 9.23. The molecule has 116 valence electrons. The van der Waals surface area contributed by atoms with Gasteiger partial charge in [0.1, 0.15) is 11.4 Å². The van der Waals surface area contributed by atoms with Crippen molar-refractivity contribution in [2.45, 2.75) is 18.8 Å². The summed E-state index contributed by atoms with van der Waals surface area (Å²) in [5.74, 6) is -0.270. The van der Waals surface area contributed by atoms with Crippen LogP contribution in [0.15, 0.2) is 34.9 Å². The summed E-state index contributed by atoms with van der Waals surface area (Å²) in [7, 11) is 1.62. The van der Waals surface area contributed by atoms with Gasteiger partial charge in [-0.1, -0.05) is 11.2 Å². The number of benzene rings is 2. The van der Waals surface area contributed by atoms with Crippen LogP contribution in [-0.2, 0) is 9.59 Å². The van der Waals surface area contributed by atoms with E-state index in [0.29, 0.717) is 24.1 Å². The van der Waals surface area contributed by atoms with Crippen molar-refractivity contribution in [3.05, 3.63) is 36.0 Å². The summed E-state index contributed by atoms with van der Waals surface area (Å²) in [6.45, 7) is 0. The molecule has 23 heavy (non-hydrogen) atoms. The Bertz CT molecular complexity index is 944. The summed E-state index contributed by atoms with van der Waals surface area (Å²) in [6.07, 6.45) is 0.752. The standard InChI is InChI=1S/C17H14N2O4/c1-22-10-3-4-11-9(8-10)2-6-13-15(11)16(19-23-13)12-5-7-14(20)18-17(12)21/h2-4,6,8,12H,5,7H2,1H3,(H,18,20,21)/t12-/m0/s1. The van der Waals surface area contributed by atoms with Gasteiger partial charge in [0.2, 0.25) is 11.8 Å². The molecule has 0 radical (unpaired) electrons. The predicted molar refractivity (Wildman–Crippen MR) is 83.2 cm³/mol. The molecule has 0 saturated carbocycles. The largest absolute Gasteiger partial charge is 0.497 e. The van der Waals surface area contributed by atoms with Crippen molar-refractivity contribution in [3.8, 4) is 5.75 Å². The number of hydrogen-bond acceptors (Lipinski definition) is 5. The average Bonchev–Trinajstić information content (AvgIpc) is 2.98. The number of ether oxygens (including phenoxy) is 1. The molecule has 1 N–H and O–H groups in total. The van der Waals surface area contributed by atoms with Gasteiger partial charge in [0.25, 0.3) is 0 Å². The number of carbonyl (C=O) groups excluding carboxylic acids is 2. The molecule has 6 nitrogen and oxygen atoms in total. The zero-order chi connectivity index (χ0) is 16.0. The van der Waals surface area contributed by atoms with Crippen LogP contribution in [0.4, 0.5) is 0 Å². The molecule has 1 atom stereocenters. The lowest BCUT2D eigenvalue weighted by Crippen LogP contribution is -2.39. The van der Waals surface area contributed by atoms with Gasteiger partial charge in [0.15, 0.2) is 5.58 Å². The highest BCUT2D eigenvalue weighted by molar-refractivity contribution is 6.10. The van der Waals surface area contributed by atoms with E-state index in [-0.39, 0.29) is 11.8 Å². The minimum absolute atomic E-state index is 0.242. The average molecular weight is 310 g/mol. The lowest BCUT2D eigenvalue weighted by Gasteiger charge is -2.19. The van der Waals surface area contributed by atoms with Crippen LogP contribution >= 0.6 is 0 Å². The van der Waals surface area contributed by atoms with Crippen LogP contribution in [0, 0.1) is 0 Å². The highest BCUT2D eigenvalue weighted by atomic mass is 16.5. The Labute approximate surface area is 131 Å². The van der Waals surface area contributed by atoms with Crippen molar-refractivity contribution in [2.75, 3.05) is 7.11 Å². The zero-order valence-electron chi connectivity index (χ0n) is 12.5. The molecule has 1 fully saturated rings. The minimum Gasteiger partial charge on any atom is -0.497 e. The Kier molecular flexibility index (Phi) is 3.04. The summed E-state index contributed by atoms with van der Waals surface area (Å²) in [5.41, 5.74) is 1.21. The maximum Gasteiger partial charge on any atom is 0.235 e. The van der Waals surface area contributed by atoms with Crippen molar-refractivity contribution in [2.24, 2.45) is 0 Å². The van der Waals surface area contributed by atoms with Crippen LogP contribution in [-0.4, -0.2) is 24.1 Å². The highest BCUT2D eigenvalue weighted by Crippen LogP contribution is 2.35. The van der Waals surface area contributed by atoms with Crippen molar-refractivity contribution >= 4 is 33.6 Å². The third kappa shape index (κ3) is 2.14. The first-order valence-corrected chi connectivity index (χ1v) is 7.37. The first kappa shape index (κ1) is 13.8. The van der Waals surface area contributed by atoms with Gasteiger partial charge in [-0.05, 0) is 41.5 Å². The first-order valence-electron chi connectivity index (χ1n) is 7.37. The van der Waals surface area contributed by atoms with E-state index in [2.05, 4.69) is 10.5 Å². The minimum atomic E-state index is -0.471. The molecule has 2 amide bonds. The number of aromatic nitrogens is 1. The second-order valence-corrected chi connectivity index (χ2v) is 5.60. The van der Waals surface area contributed by atoms with E-state index < -0.39 is 5.92 Å². The van der Waals surface area contributed by atoms with E-state index in [4.69, 9.17) is 9.26 Å². The van der Waals surface area contributed by atoms with Gasteiger partial charge < -0.3 is 9.26 Å². The molecule has 0 bridgehead atoms. The van der Waals surface area contributed by atoms with Gasteiger partial charge in [-0.25, -0.2) is 0 Å². The number of nitrogens with one attached hydrogen (secondary N) is 1. The predicted octanol–water partition coefficient (Wildman–Crippen LogP) is 2.51. The van der Waals surface area contributed by atoms with E-state index in [9.17, 15) is 9.59 Å². The molecule has 3 aromatic rings. The van der Waals surface area contributed by atoms with Crippen molar-refractivity contribution in [1.29, 1.82) is 0 Å². The molecule has 4 rings (SSSR count). The van der Waals surface area contributed by atoms with Crippen LogP contribution in [0.3, 0.4) is 0 Å². The Morgan fingerprint density at radius 3 is 2.91 bits per heavy atom. The smallest absolute Gasteiger partial charge is 0.235 e. The number of nitrogens with zero attached hydrogens (tertiary/aromatic N) is 1. The SMILES string of the molecule is COc1ccc2c(ccc3onc([C@@H]4CCC(=O)NC4=O)c32)c1. The molecular weight excluding hydrogens is 296 g/mol. The van der Waals surface area contributed by atoms with Gasteiger partial charge in [0, 0.05) is 6.42 Å². The Morgan fingerprint density at radius 2 is 2.13 bits per heavy atom. The summed E-state index contributed by atoms with van der Waals surface area (Å²) in [6, 6.07) is 9.49. The molecule has 0 aliphatic carbocycles. The second kappa shape index (κ2) is 5.08. The van der Waals surface area contributed by atoms with E-state index in [1.165, 1.54) is 0 Å². The number of hydrogen-bond donors (Lipinski definition) is 1. The molecule has 2 heterocycles. The van der Waals surface area contributed by atoms with Crippen molar-refractivity contribution < 1.29 is 18.8 Å². The number of methoxy groups -OCH3 is 1. The molecule has 6 heteroatoms. The number of piperidine rings is 1. The molecule has 1 aromatic heterocycles. The Hall–Kier alpha value is -2.89. The maximum atomic E-state index is 12.1. The number of amides is 2. The third-order valence-corrected chi connectivity index (χ3v) is 4.26. The highest BCUT2D eigenvalue weighted by Gasteiger charge is 2.32. The van der Waals surface area contributed by atoms with Crippen molar-refractivity contribution in [1.82, 2.24) is 10.5 Å². The second-order valence-electron chi connectivity index (χ2n) is 5.60. The summed E-state index contributed by atoms with van der Waals surface area (Å²) >= 11 is 0. The molecule has 2 aromatic carbocycles. The fourth-order valence-electron chi connectivity index (χ4n) is 3.09. The molecular formula is C17H14N2O4. The van der Waals surface area contributed by atoms with E-state index in [0.717, 1.165) is 21.9 Å². The van der Waals surface area contributed by atoms with Gasteiger partial charge >= 0.3 is 0 Å².